The highest BCUT2D eigenvalue weighted by Crippen LogP contribution is 2.23. The highest BCUT2D eigenvalue weighted by molar-refractivity contribution is 6.33. The van der Waals surface area contributed by atoms with Gasteiger partial charge in [-0.15, -0.1) is 0 Å². The summed E-state index contributed by atoms with van der Waals surface area (Å²) in [5, 5.41) is 0.213. The number of halogens is 3. The van der Waals surface area contributed by atoms with Gasteiger partial charge in [0.25, 0.3) is 0 Å². The number of anilines is 1. The van der Waals surface area contributed by atoms with Gasteiger partial charge in [-0.25, -0.2) is 8.78 Å². The molecule has 0 saturated heterocycles. The summed E-state index contributed by atoms with van der Waals surface area (Å²) in [7, 11) is 0. The van der Waals surface area contributed by atoms with E-state index in [-0.39, 0.29) is 21.7 Å². The zero-order valence-corrected chi connectivity index (χ0v) is 10.8. The van der Waals surface area contributed by atoms with Gasteiger partial charge in [-0.05, 0) is 36.8 Å². The van der Waals surface area contributed by atoms with Crippen molar-refractivity contribution in [2.24, 2.45) is 0 Å². The maximum Gasteiger partial charge on any atom is 0.196 e. The number of ketones is 1. The topological polar surface area (TPSA) is 43.1 Å². The van der Waals surface area contributed by atoms with E-state index >= 15 is 0 Å². The first-order valence-electron chi connectivity index (χ1n) is 5.45. The van der Waals surface area contributed by atoms with Gasteiger partial charge in [0.1, 0.15) is 11.6 Å². The molecular weight excluding hydrogens is 272 g/mol. The van der Waals surface area contributed by atoms with Crippen LogP contribution in [-0.4, -0.2) is 5.78 Å². The molecule has 0 aliphatic heterocycles. The normalized spacial score (nSPS) is 10.5. The lowest BCUT2D eigenvalue weighted by Crippen LogP contribution is -2.06. The fourth-order valence-corrected chi connectivity index (χ4v) is 1.84. The van der Waals surface area contributed by atoms with Crippen molar-refractivity contribution in [1.82, 2.24) is 0 Å². The van der Waals surface area contributed by atoms with E-state index in [2.05, 4.69) is 0 Å². The van der Waals surface area contributed by atoms with Gasteiger partial charge in [-0.2, -0.15) is 0 Å². The van der Waals surface area contributed by atoms with Crippen LogP contribution < -0.4 is 5.73 Å². The second-order valence-corrected chi connectivity index (χ2v) is 4.55. The lowest BCUT2D eigenvalue weighted by Gasteiger charge is -2.06. The highest BCUT2D eigenvalue weighted by atomic mass is 35.5. The molecule has 0 aliphatic rings. The number of benzene rings is 2. The van der Waals surface area contributed by atoms with Gasteiger partial charge < -0.3 is 5.73 Å². The Morgan fingerprint density at radius 3 is 2.47 bits per heavy atom. The van der Waals surface area contributed by atoms with Crippen molar-refractivity contribution in [3.8, 4) is 0 Å². The van der Waals surface area contributed by atoms with Crippen molar-refractivity contribution in [3.63, 3.8) is 0 Å². The van der Waals surface area contributed by atoms with Crippen molar-refractivity contribution in [3.05, 3.63) is 63.7 Å². The predicted molar refractivity (Wildman–Crippen MR) is 70.4 cm³/mol. The van der Waals surface area contributed by atoms with E-state index in [4.69, 9.17) is 17.3 Å². The van der Waals surface area contributed by atoms with Crippen molar-refractivity contribution in [1.29, 1.82) is 0 Å². The second-order valence-electron chi connectivity index (χ2n) is 4.15. The minimum Gasteiger partial charge on any atom is -0.398 e. The number of aryl methyl sites for hydroxylation is 1. The van der Waals surface area contributed by atoms with Gasteiger partial charge >= 0.3 is 0 Å². The maximum atomic E-state index is 13.6. The molecule has 2 nitrogen and oxygen atoms in total. The highest BCUT2D eigenvalue weighted by Gasteiger charge is 2.17. The predicted octanol–water partition coefficient (Wildman–Crippen LogP) is 3.74. The summed E-state index contributed by atoms with van der Waals surface area (Å²) in [5.74, 6) is -2.16. The molecule has 98 valence electrons. The number of nitrogens with two attached hydrogens (primary N) is 1. The first-order valence-corrected chi connectivity index (χ1v) is 5.83. The van der Waals surface area contributed by atoms with Crippen LogP contribution in [0.1, 0.15) is 21.5 Å². The van der Waals surface area contributed by atoms with Gasteiger partial charge in [0.15, 0.2) is 5.78 Å². The van der Waals surface area contributed by atoms with Gasteiger partial charge in [0.05, 0.1) is 16.3 Å². The van der Waals surface area contributed by atoms with E-state index in [9.17, 15) is 13.6 Å². The Hall–Kier alpha value is -1.94. The van der Waals surface area contributed by atoms with Gasteiger partial charge in [-0.1, -0.05) is 11.6 Å². The maximum absolute atomic E-state index is 13.6. The Bertz CT molecular complexity index is 671. The third-order valence-electron chi connectivity index (χ3n) is 2.76. The molecule has 0 fully saturated rings. The molecule has 5 heteroatoms. The Morgan fingerprint density at radius 1 is 1.16 bits per heavy atom. The Kier molecular flexibility index (Phi) is 3.53. The molecule has 0 amide bonds. The summed E-state index contributed by atoms with van der Waals surface area (Å²) in [6, 6.07) is 6.14. The van der Waals surface area contributed by atoms with E-state index in [0.717, 1.165) is 0 Å². The monoisotopic (exact) mass is 281 g/mol. The summed E-state index contributed by atoms with van der Waals surface area (Å²) < 4.78 is 26.8. The van der Waals surface area contributed by atoms with Gasteiger partial charge in [0, 0.05) is 11.6 Å². The van der Waals surface area contributed by atoms with Crippen LogP contribution in [0, 0.1) is 18.6 Å². The summed E-state index contributed by atoms with van der Waals surface area (Å²) in [4.78, 5) is 12.1. The molecule has 2 aromatic carbocycles. The number of hydrogen-bond acceptors (Lipinski definition) is 2. The van der Waals surface area contributed by atoms with Gasteiger partial charge in [0.2, 0.25) is 0 Å². The average molecular weight is 282 g/mol. The van der Waals surface area contributed by atoms with Crippen LogP contribution in [0.3, 0.4) is 0 Å². The molecule has 19 heavy (non-hydrogen) atoms. The molecular formula is C14H10ClF2NO. The summed E-state index contributed by atoms with van der Waals surface area (Å²) in [6.07, 6.45) is 0. The third-order valence-corrected chi connectivity index (χ3v) is 3.08. The number of nitrogen functional groups attached to an aromatic ring is 1. The lowest BCUT2D eigenvalue weighted by molar-refractivity contribution is 0.103. The molecule has 0 aliphatic carbocycles. The van der Waals surface area contributed by atoms with E-state index in [0.29, 0.717) is 11.8 Å². The van der Waals surface area contributed by atoms with E-state index in [1.807, 2.05) is 0 Å². The van der Waals surface area contributed by atoms with E-state index in [1.54, 1.807) is 0 Å². The third kappa shape index (κ3) is 2.58. The molecule has 0 heterocycles. The van der Waals surface area contributed by atoms with Crippen LogP contribution in [0.25, 0.3) is 0 Å². The molecule has 0 atom stereocenters. The average Bonchev–Trinajstić information content (AvgIpc) is 2.36. The van der Waals surface area contributed by atoms with Crippen molar-refractivity contribution in [2.75, 3.05) is 5.73 Å². The molecule has 2 N–H and O–H groups in total. The Balaban J connectivity index is 2.49. The van der Waals surface area contributed by atoms with Crippen molar-refractivity contribution >= 4 is 23.1 Å². The van der Waals surface area contributed by atoms with Crippen molar-refractivity contribution in [2.45, 2.75) is 6.92 Å². The fourth-order valence-electron chi connectivity index (χ4n) is 1.66. The summed E-state index contributed by atoms with van der Waals surface area (Å²) >= 11 is 5.81. The molecule has 2 rings (SSSR count). The first-order chi connectivity index (χ1) is 8.90. The zero-order valence-electron chi connectivity index (χ0n) is 10.0. The smallest absolute Gasteiger partial charge is 0.196 e. The molecule has 0 radical (unpaired) electrons. The van der Waals surface area contributed by atoms with Crippen LogP contribution in [0.5, 0.6) is 0 Å². The summed E-state index contributed by atoms with van der Waals surface area (Å²) in [6.45, 7) is 1.46. The van der Waals surface area contributed by atoms with Crippen LogP contribution in [-0.2, 0) is 0 Å². The molecule has 2 aromatic rings. The SMILES string of the molecule is Cc1cc(C(=O)c2ccc(N)c(Cl)c2)c(F)cc1F. The van der Waals surface area contributed by atoms with E-state index < -0.39 is 17.4 Å². The largest absolute Gasteiger partial charge is 0.398 e. The quantitative estimate of drug-likeness (QED) is 0.673. The van der Waals surface area contributed by atoms with Gasteiger partial charge in [-0.3, -0.25) is 4.79 Å². The number of hydrogen-bond donors (Lipinski definition) is 1. The minimum absolute atomic E-state index is 0.195. The van der Waals surface area contributed by atoms with Crippen LogP contribution in [0.2, 0.25) is 5.02 Å². The number of carbonyl (C=O) groups is 1. The summed E-state index contributed by atoms with van der Waals surface area (Å²) in [5.41, 5.74) is 6.07. The molecule has 0 unspecified atom stereocenters. The second kappa shape index (κ2) is 4.97. The Morgan fingerprint density at radius 2 is 1.84 bits per heavy atom. The molecule has 0 aromatic heterocycles. The minimum atomic E-state index is -0.902. The molecule has 0 saturated carbocycles. The lowest BCUT2D eigenvalue weighted by atomic mass is 10.0. The van der Waals surface area contributed by atoms with E-state index in [1.165, 1.54) is 31.2 Å². The van der Waals surface area contributed by atoms with Crippen LogP contribution in [0.4, 0.5) is 14.5 Å². The zero-order chi connectivity index (χ0) is 14.2. The number of carbonyl (C=O) groups excluding carboxylic acids is 1. The number of rotatable bonds is 2. The fraction of sp³-hybridized carbons (Fsp3) is 0.0714. The first kappa shape index (κ1) is 13.5. The van der Waals surface area contributed by atoms with Crippen LogP contribution >= 0.6 is 11.6 Å². The van der Waals surface area contributed by atoms with Crippen molar-refractivity contribution < 1.29 is 13.6 Å². The molecule has 0 spiro atoms. The Labute approximate surface area is 113 Å². The van der Waals surface area contributed by atoms with Crippen LogP contribution in [0.15, 0.2) is 30.3 Å². The standard InChI is InChI=1S/C14H10ClF2NO/c1-7-4-9(12(17)6-11(7)16)14(19)8-2-3-13(18)10(15)5-8/h2-6H,18H2,1H3. The molecule has 0 bridgehead atoms.